The Balaban J connectivity index is 1.72. The fourth-order valence-electron chi connectivity index (χ4n) is 4.17. The predicted octanol–water partition coefficient (Wildman–Crippen LogP) is 2.93. The van der Waals surface area contributed by atoms with Crippen LogP contribution in [0.5, 0.6) is 11.6 Å². The highest BCUT2D eigenvalue weighted by atomic mass is 19.4. The zero-order valence-electron chi connectivity index (χ0n) is 20.6. The molecule has 2 atom stereocenters. The van der Waals surface area contributed by atoms with Gasteiger partial charge in [0.05, 0.1) is 23.4 Å². The van der Waals surface area contributed by atoms with E-state index < -0.39 is 58.4 Å². The Morgan fingerprint density at radius 3 is 2.56 bits per heavy atom. The number of aliphatic hydroxyl groups is 2. The highest BCUT2D eigenvalue weighted by Gasteiger charge is 2.56. The number of carbonyl (C=O) groups excluding carboxylic acids is 1. The number of ketones is 1. The van der Waals surface area contributed by atoms with Gasteiger partial charge < -0.3 is 30.4 Å². The van der Waals surface area contributed by atoms with Crippen LogP contribution in [0.1, 0.15) is 41.4 Å². The van der Waals surface area contributed by atoms with Crippen LogP contribution in [0.2, 0.25) is 0 Å². The van der Waals surface area contributed by atoms with Crippen molar-refractivity contribution in [2.75, 3.05) is 19.8 Å². The molecule has 9 nitrogen and oxygen atoms in total. The molecule has 0 bridgehead atoms. The average Bonchev–Trinajstić information content (AvgIpc) is 3.19. The number of benzene rings is 1. The first-order valence-electron chi connectivity index (χ1n) is 11.8. The Hall–Kier alpha value is -3.81. The van der Waals surface area contributed by atoms with Crippen molar-refractivity contribution in [2.45, 2.75) is 37.1 Å². The van der Waals surface area contributed by atoms with E-state index in [2.05, 4.69) is 9.97 Å². The molecular formula is C26H25F4N3O6. The van der Waals surface area contributed by atoms with E-state index in [0.717, 1.165) is 30.5 Å². The molecule has 13 heteroatoms. The predicted molar refractivity (Wildman–Crippen MR) is 130 cm³/mol. The van der Waals surface area contributed by atoms with E-state index in [0.29, 0.717) is 0 Å². The minimum atomic E-state index is -5.28. The van der Waals surface area contributed by atoms with Crippen molar-refractivity contribution in [3.63, 3.8) is 0 Å². The number of fused-ring (bicyclic) bond motifs is 1. The molecule has 1 aliphatic heterocycles. The molecule has 0 spiro atoms. The zero-order valence-corrected chi connectivity index (χ0v) is 20.6. The van der Waals surface area contributed by atoms with E-state index in [1.54, 1.807) is 0 Å². The summed E-state index contributed by atoms with van der Waals surface area (Å²) in [7, 11) is 0. The van der Waals surface area contributed by atoms with Crippen molar-refractivity contribution in [1.82, 2.24) is 9.97 Å². The van der Waals surface area contributed by atoms with Crippen LogP contribution in [0, 0.1) is 5.82 Å². The number of ether oxygens (including phenoxy) is 2. The number of alkyl halides is 3. The smallest absolute Gasteiger partial charge is 0.422 e. The number of halogens is 4. The lowest BCUT2D eigenvalue weighted by atomic mass is 9.86. The summed E-state index contributed by atoms with van der Waals surface area (Å²) in [5, 5.41) is 19.8. The number of nitrogens with two attached hydrogens (primary N) is 1. The molecule has 2 unspecified atom stereocenters. The molecular weight excluding hydrogens is 526 g/mol. The first kappa shape index (κ1) is 28.2. The number of aromatic amines is 1. The Labute approximate surface area is 219 Å². The maximum atomic E-state index is 14.4. The molecule has 2 aromatic heterocycles. The van der Waals surface area contributed by atoms with Gasteiger partial charge in [0.2, 0.25) is 5.60 Å². The van der Waals surface area contributed by atoms with E-state index in [1.807, 2.05) is 0 Å². The molecule has 5 N–H and O–H groups in total. The van der Waals surface area contributed by atoms with Crippen LogP contribution in [-0.4, -0.2) is 52.0 Å². The van der Waals surface area contributed by atoms with Gasteiger partial charge in [-0.15, -0.1) is 0 Å². The molecule has 1 aliphatic rings. The number of hydrogen-bond acceptors (Lipinski definition) is 8. The first-order chi connectivity index (χ1) is 18.3. The molecule has 0 aliphatic carbocycles. The summed E-state index contributed by atoms with van der Waals surface area (Å²) in [5.74, 6) is -1.48. The van der Waals surface area contributed by atoms with Crippen LogP contribution in [0.4, 0.5) is 17.6 Å². The van der Waals surface area contributed by atoms with E-state index in [9.17, 15) is 32.3 Å². The number of H-pyrrole nitrogens is 1. The SMILES string of the molecule is CC1(N)COc2c1cc(C(O)(CCC(=O)c1c[nH]c(OCCO)cc1=O)C(F)(F)F)nc2-c1ccc(F)cc1. The third-order valence-electron chi connectivity index (χ3n) is 6.36. The second kappa shape index (κ2) is 10.4. The minimum absolute atomic E-state index is 0.0416. The van der Waals surface area contributed by atoms with E-state index in [-0.39, 0.29) is 48.3 Å². The molecule has 0 saturated heterocycles. The fourth-order valence-corrected chi connectivity index (χ4v) is 4.17. The van der Waals surface area contributed by atoms with Gasteiger partial charge in [-0.2, -0.15) is 13.2 Å². The Bertz CT molecular complexity index is 1440. The molecule has 3 aromatic rings. The van der Waals surface area contributed by atoms with Gasteiger partial charge in [-0.1, -0.05) is 0 Å². The normalized spacial score (nSPS) is 18.3. The molecule has 4 rings (SSSR count). The number of Topliss-reactive ketones (excluding diaryl/α,β-unsaturated/α-hetero) is 1. The number of aromatic nitrogens is 2. The van der Waals surface area contributed by atoms with Gasteiger partial charge in [-0.3, -0.25) is 9.59 Å². The van der Waals surface area contributed by atoms with Crippen LogP contribution in [0.25, 0.3) is 11.3 Å². The lowest BCUT2D eigenvalue weighted by Gasteiger charge is -2.31. The summed E-state index contributed by atoms with van der Waals surface area (Å²) >= 11 is 0. The lowest BCUT2D eigenvalue weighted by molar-refractivity contribution is -0.270. The second-order valence-corrected chi connectivity index (χ2v) is 9.37. The summed E-state index contributed by atoms with van der Waals surface area (Å²) in [6.45, 7) is 1.01. The van der Waals surface area contributed by atoms with Crippen molar-refractivity contribution in [1.29, 1.82) is 0 Å². The number of nitrogens with one attached hydrogen (secondary N) is 1. The van der Waals surface area contributed by atoms with Gasteiger partial charge in [-0.25, -0.2) is 9.37 Å². The standard InChI is InChI=1S/C26H25F4N3O6/c1-24(31)13-39-23-17(24)10-20(33-22(23)14-2-4-15(27)5-3-14)25(37,26(28,29)30)7-6-18(35)16-12-32-21(11-19(16)36)38-9-8-34/h2-5,10-12,34,37H,6-9,13,31H2,1H3,(H,32,36). The van der Waals surface area contributed by atoms with E-state index in [4.69, 9.17) is 20.3 Å². The van der Waals surface area contributed by atoms with E-state index >= 15 is 0 Å². The topological polar surface area (TPSA) is 148 Å². The third-order valence-corrected chi connectivity index (χ3v) is 6.36. The van der Waals surface area contributed by atoms with Crippen molar-refractivity contribution in [3.05, 3.63) is 75.5 Å². The highest BCUT2D eigenvalue weighted by Crippen LogP contribution is 2.47. The molecule has 0 radical (unpaired) electrons. The Morgan fingerprint density at radius 1 is 1.26 bits per heavy atom. The number of rotatable bonds is 9. The number of carbonyl (C=O) groups is 1. The van der Waals surface area contributed by atoms with Gasteiger partial charge in [-0.05, 0) is 43.7 Å². The summed E-state index contributed by atoms with van der Waals surface area (Å²) in [6.07, 6.45) is -6.32. The third kappa shape index (κ3) is 5.51. The van der Waals surface area contributed by atoms with Gasteiger partial charge >= 0.3 is 6.18 Å². The van der Waals surface area contributed by atoms with Gasteiger partial charge in [0, 0.05) is 29.8 Å². The zero-order chi connectivity index (χ0) is 28.6. The van der Waals surface area contributed by atoms with Crippen LogP contribution in [-0.2, 0) is 11.1 Å². The Morgan fingerprint density at radius 2 is 1.95 bits per heavy atom. The van der Waals surface area contributed by atoms with Crippen molar-refractivity contribution < 1.29 is 42.0 Å². The first-order valence-corrected chi connectivity index (χ1v) is 11.8. The molecule has 0 fully saturated rings. The van der Waals surface area contributed by atoms with Gasteiger partial charge in [0.15, 0.2) is 22.8 Å². The maximum absolute atomic E-state index is 14.4. The van der Waals surface area contributed by atoms with Gasteiger partial charge in [0.1, 0.15) is 24.7 Å². The Kier molecular flexibility index (Phi) is 7.52. The summed E-state index contributed by atoms with van der Waals surface area (Å²) < 4.78 is 67.4. The second-order valence-electron chi connectivity index (χ2n) is 9.37. The van der Waals surface area contributed by atoms with Crippen LogP contribution >= 0.6 is 0 Å². The number of hydrogen-bond donors (Lipinski definition) is 4. The molecule has 0 saturated carbocycles. The summed E-state index contributed by atoms with van der Waals surface area (Å²) in [5.41, 5.74) is -0.375. The van der Waals surface area contributed by atoms with Crippen molar-refractivity contribution >= 4 is 5.78 Å². The molecule has 208 valence electrons. The summed E-state index contributed by atoms with van der Waals surface area (Å²) in [4.78, 5) is 31.6. The molecule has 0 amide bonds. The number of aliphatic hydroxyl groups excluding tert-OH is 1. The monoisotopic (exact) mass is 551 g/mol. The van der Waals surface area contributed by atoms with Gasteiger partial charge in [0.25, 0.3) is 0 Å². The van der Waals surface area contributed by atoms with Crippen LogP contribution in [0.15, 0.2) is 47.4 Å². The quantitative estimate of drug-likeness (QED) is 0.235. The largest absolute Gasteiger partial charge is 0.489 e. The highest BCUT2D eigenvalue weighted by molar-refractivity contribution is 5.95. The van der Waals surface area contributed by atoms with E-state index in [1.165, 1.54) is 19.1 Å². The number of pyridine rings is 2. The molecule has 39 heavy (non-hydrogen) atoms. The van der Waals surface area contributed by atoms with Crippen molar-refractivity contribution in [2.24, 2.45) is 5.73 Å². The summed E-state index contributed by atoms with van der Waals surface area (Å²) in [6, 6.07) is 6.71. The lowest BCUT2D eigenvalue weighted by Crippen LogP contribution is -2.44. The fraction of sp³-hybridized carbons (Fsp3) is 0.346. The number of nitrogens with zero attached hydrogens (tertiary/aromatic N) is 1. The molecule has 1 aromatic carbocycles. The van der Waals surface area contributed by atoms with Crippen LogP contribution < -0.4 is 20.6 Å². The maximum Gasteiger partial charge on any atom is 0.422 e. The van der Waals surface area contributed by atoms with Crippen molar-refractivity contribution in [3.8, 4) is 22.9 Å². The molecule has 3 heterocycles. The average molecular weight is 551 g/mol. The van der Waals surface area contributed by atoms with Crippen LogP contribution in [0.3, 0.4) is 0 Å². The minimum Gasteiger partial charge on any atom is -0.489 e.